The highest BCUT2D eigenvalue weighted by Crippen LogP contribution is 2.30. The van der Waals surface area contributed by atoms with Crippen molar-refractivity contribution in [1.82, 2.24) is 15.3 Å². The minimum atomic E-state index is -0.183. The molecule has 2 rings (SSSR count). The highest BCUT2D eigenvalue weighted by atomic mass is 16.5. The van der Waals surface area contributed by atoms with Gasteiger partial charge in [-0.15, -0.1) is 0 Å². The van der Waals surface area contributed by atoms with Crippen molar-refractivity contribution in [2.45, 2.75) is 13.3 Å². The minimum absolute atomic E-state index is 0.183. The van der Waals surface area contributed by atoms with Gasteiger partial charge in [-0.1, -0.05) is 6.92 Å². The van der Waals surface area contributed by atoms with E-state index in [1.54, 1.807) is 32.4 Å². The van der Waals surface area contributed by atoms with Gasteiger partial charge in [0.15, 0.2) is 0 Å². The van der Waals surface area contributed by atoms with Crippen molar-refractivity contribution < 1.29 is 14.3 Å². The van der Waals surface area contributed by atoms with Crippen LogP contribution in [0.1, 0.15) is 23.7 Å². The number of hydrogen-bond acceptors (Lipinski definition) is 6. The van der Waals surface area contributed by atoms with Crippen LogP contribution in [0.4, 0.5) is 11.6 Å². The van der Waals surface area contributed by atoms with Crippen molar-refractivity contribution in [3.8, 4) is 11.5 Å². The quantitative estimate of drug-likeness (QED) is 0.816. The van der Waals surface area contributed by atoms with Crippen molar-refractivity contribution in [3.05, 3.63) is 36.2 Å². The summed E-state index contributed by atoms with van der Waals surface area (Å²) in [5.41, 5.74) is 1.09. The average molecular weight is 316 g/mol. The Hall–Kier alpha value is -2.83. The predicted molar refractivity (Wildman–Crippen MR) is 87.5 cm³/mol. The van der Waals surface area contributed by atoms with Gasteiger partial charge in [0.2, 0.25) is 5.95 Å². The van der Waals surface area contributed by atoms with E-state index in [4.69, 9.17) is 9.47 Å². The van der Waals surface area contributed by atoms with Gasteiger partial charge < -0.3 is 20.1 Å². The molecular formula is C16H20N4O3. The van der Waals surface area contributed by atoms with Crippen LogP contribution < -0.4 is 20.1 Å². The van der Waals surface area contributed by atoms with Crippen LogP contribution in [0, 0.1) is 0 Å². The number of nitrogens with zero attached hydrogens (tertiary/aromatic N) is 2. The maximum atomic E-state index is 11.8. The van der Waals surface area contributed by atoms with Gasteiger partial charge in [-0.05, 0) is 18.6 Å². The smallest absolute Gasteiger partial charge is 0.254 e. The zero-order chi connectivity index (χ0) is 16.7. The summed E-state index contributed by atoms with van der Waals surface area (Å²) in [5.74, 6) is 1.50. The minimum Gasteiger partial charge on any atom is -0.497 e. The first-order valence-electron chi connectivity index (χ1n) is 7.27. The molecule has 0 unspecified atom stereocenters. The Morgan fingerprint density at radius 1 is 1.17 bits per heavy atom. The molecule has 1 amide bonds. The molecular weight excluding hydrogens is 296 g/mol. The molecule has 1 aromatic carbocycles. The third kappa shape index (κ3) is 4.32. The van der Waals surface area contributed by atoms with Crippen molar-refractivity contribution in [3.63, 3.8) is 0 Å². The first-order valence-corrected chi connectivity index (χ1v) is 7.27. The normalized spacial score (nSPS) is 10.0. The Morgan fingerprint density at radius 2 is 1.91 bits per heavy atom. The lowest BCUT2D eigenvalue weighted by Gasteiger charge is -2.11. The van der Waals surface area contributed by atoms with E-state index in [9.17, 15) is 4.79 Å². The van der Waals surface area contributed by atoms with Gasteiger partial charge in [-0.25, -0.2) is 9.97 Å². The van der Waals surface area contributed by atoms with Gasteiger partial charge >= 0.3 is 0 Å². The SMILES string of the molecule is CCCNC(=O)c1cnc(Nc2cc(OC)ccc2OC)nc1. The summed E-state index contributed by atoms with van der Waals surface area (Å²) in [5, 5.41) is 5.82. The lowest BCUT2D eigenvalue weighted by Crippen LogP contribution is -2.24. The summed E-state index contributed by atoms with van der Waals surface area (Å²) in [6.45, 7) is 2.62. The maximum Gasteiger partial charge on any atom is 0.254 e. The Labute approximate surface area is 135 Å². The fourth-order valence-corrected chi connectivity index (χ4v) is 1.88. The molecule has 0 aliphatic rings. The van der Waals surface area contributed by atoms with Crippen LogP contribution in [0.3, 0.4) is 0 Å². The predicted octanol–water partition coefficient (Wildman–Crippen LogP) is 2.38. The van der Waals surface area contributed by atoms with Gasteiger partial charge in [-0.3, -0.25) is 4.79 Å². The number of rotatable bonds is 7. The van der Waals surface area contributed by atoms with Crippen LogP contribution in [0.2, 0.25) is 0 Å². The summed E-state index contributed by atoms with van der Waals surface area (Å²) in [7, 11) is 3.17. The van der Waals surface area contributed by atoms with Gasteiger partial charge in [-0.2, -0.15) is 0 Å². The topological polar surface area (TPSA) is 85.4 Å². The van der Waals surface area contributed by atoms with Gasteiger partial charge in [0.1, 0.15) is 11.5 Å². The lowest BCUT2D eigenvalue weighted by molar-refractivity contribution is 0.0953. The Morgan fingerprint density at radius 3 is 2.52 bits per heavy atom. The Balaban J connectivity index is 2.13. The van der Waals surface area contributed by atoms with Crippen molar-refractivity contribution in [2.75, 3.05) is 26.1 Å². The average Bonchev–Trinajstić information content (AvgIpc) is 2.60. The Kier molecular flexibility index (Phi) is 5.74. The summed E-state index contributed by atoms with van der Waals surface area (Å²) in [6.07, 6.45) is 3.84. The zero-order valence-corrected chi connectivity index (χ0v) is 13.4. The van der Waals surface area contributed by atoms with Crippen LogP contribution in [-0.4, -0.2) is 36.6 Å². The molecule has 0 aliphatic heterocycles. The first-order chi connectivity index (χ1) is 11.2. The summed E-state index contributed by atoms with van der Waals surface area (Å²) < 4.78 is 10.5. The number of benzene rings is 1. The number of ether oxygens (including phenoxy) is 2. The summed E-state index contributed by atoms with van der Waals surface area (Å²) >= 11 is 0. The highest BCUT2D eigenvalue weighted by molar-refractivity contribution is 5.93. The Bertz CT molecular complexity index is 659. The second-order valence-corrected chi connectivity index (χ2v) is 4.74. The van der Waals surface area contributed by atoms with E-state index < -0.39 is 0 Å². The van der Waals surface area contributed by atoms with E-state index in [0.29, 0.717) is 35.2 Å². The van der Waals surface area contributed by atoms with Crippen LogP contribution in [0.15, 0.2) is 30.6 Å². The largest absolute Gasteiger partial charge is 0.497 e. The van der Waals surface area contributed by atoms with E-state index in [1.165, 1.54) is 12.4 Å². The van der Waals surface area contributed by atoms with Crippen LogP contribution >= 0.6 is 0 Å². The van der Waals surface area contributed by atoms with Crippen LogP contribution in [0.25, 0.3) is 0 Å². The second-order valence-electron chi connectivity index (χ2n) is 4.74. The molecule has 0 saturated heterocycles. The third-order valence-electron chi connectivity index (χ3n) is 3.10. The van der Waals surface area contributed by atoms with E-state index in [1.807, 2.05) is 6.92 Å². The number of hydrogen-bond donors (Lipinski definition) is 2. The molecule has 1 aromatic heterocycles. The molecule has 7 heteroatoms. The number of carbonyl (C=O) groups excluding carboxylic acids is 1. The first kappa shape index (κ1) is 16.5. The molecule has 1 heterocycles. The molecule has 2 aromatic rings. The molecule has 0 fully saturated rings. The van der Waals surface area contributed by atoms with E-state index >= 15 is 0 Å². The highest BCUT2D eigenvalue weighted by Gasteiger charge is 2.09. The number of aromatic nitrogens is 2. The number of nitrogens with one attached hydrogen (secondary N) is 2. The standard InChI is InChI=1S/C16H20N4O3/c1-4-7-17-15(21)11-9-18-16(19-10-11)20-13-8-12(22-2)5-6-14(13)23-3/h5-6,8-10H,4,7H2,1-3H3,(H,17,21)(H,18,19,20). The van der Waals surface area contributed by atoms with Gasteiger partial charge in [0, 0.05) is 25.0 Å². The number of carbonyl (C=O) groups is 1. The van der Waals surface area contributed by atoms with E-state index in [2.05, 4.69) is 20.6 Å². The van der Waals surface area contributed by atoms with Crippen molar-refractivity contribution >= 4 is 17.5 Å². The summed E-state index contributed by atoms with van der Waals surface area (Å²) in [4.78, 5) is 20.1. The molecule has 0 radical (unpaired) electrons. The molecule has 0 spiro atoms. The van der Waals surface area contributed by atoms with Crippen molar-refractivity contribution in [2.24, 2.45) is 0 Å². The monoisotopic (exact) mass is 316 g/mol. The fourth-order valence-electron chi connectivity index (χ4n) is 1.88. The molecule has 2 N–H and O–H groups in total. The van der Waals surface area contributed by atoms with E-state index in [0.717, 1.165) is 6.42 Å². The third-order valence-corrected chi connectivity index (χ3v) is 3.10. The van der Waals surface area contributed by atoms with Crippen LogP contribution in [-0.2, 0) is 0 Å². The molecule has 7 nitrogen and oxygen atoms in total. The lowest BCUT2D eigenvalue weighted by atomic mass is 10.2. The van der Waals surface area contributed by atoms with Crippen molar-refractivity contribution in [1.29, 1.82) is 0 Å². The molecule has 0 saturated carbocycles. The molecule has 0 aliphatic carbocycles. The second kappa shape index (κ2) is 7.98. The molecule has 0 atom stereocenters. The van der Waals surface area contributed by atoms with E-state index in [-0.39, 0.29) is 5.91 Å². The van der Waals surface area contributed by atoms with Gasteiger partial charge in [0.05, 0.1) is 25.5 Å². The molecule has 0 bridgehead atoms. The number of methoxy groups -OCH3 is 2. The zero-order valence-electron chi connectivity index (χ0n) is 13.4. The number of amides is 1. The molecule has 23 heavy (non-hydrogen) atoms. The molecule has 122 valence electrons. The maximum absolute atomic E-state index is 11.8. The summed E-state index contributed by atoms with van der Waals surface area (Å²) in [6, 6.07) is 5.36. The number of anilines is 2. The van der Waals surface area contributed by atoms with Gasteiger partial charge in [0.25, 0.3) is 5.91 Å². The van der Waals surface area contributed by atoms with Crippen LogP contribution in [0.5, 0.6) is 11.5 Å². The fraction of sp³-hybridized carbons (Fsp3) is 0.312.